The molecule has 1 aliphatic rings. The van der Waals surface area contributed by atoms with E-state index in [0.29, 0.717) is 0 Å². The summed E-state index contributed by atoms with van der Waals surface area (Å²) in [5.41, 5.74) is 8.93. The van der Waals surface area contributed by atoms with Gasteiger partial charge in [0.2, 0.25) is 0 Å². The molecule has 2 heterocycles. The molecule has 0 atom stereocenters. The van der Waals surface area contributed by atoms with E-state index in [2.05, 4.69) is 172 Å². The average molecular weight is 666 g/mol. The summed E-state index contributed by atoms with van der Waals surface area (Å²) in [6.07, 6.45) is 0. The Labute approximate surface area is 294 Å². The van der Waals surface area contributed by atoms with E-state index in [-0.39, 0.29) is 10.8 Å². The Hall–Kier alpha value is -4.96. The number of nitrogens with zero attached hydrogens (tertiary/aromatic N) is 1. The summed E-state index contributed by atoms with van der Waals surface area (Å²) in [5.74, 6) is 0. The van der Waals surface area contributed by atoms with Gasteiger partial charge in [0.25, 0.3) is 0 Å². The molecule has 0 amide bonds. The highest BCUT2D eigenvalue weighted by Crippen LogP contribution is 2.58. The zero-order chi connectivity index (χ0) is 33.1. The Morgan fingerprint density at radius 2 is 1.12 bits per heavy atom. The molecule has 10 rings (SSSR count). The molecule has 7 aromatic carbocycles. The molecule has 49 heavy (non-hydrogen) atoms. The molecule has 0 saturated heterocycles. The fraction of sp³-hybridized carbons (Fsp3) is 0.130. The molecule has 0 saturated carbocycles. The van der Waals surface area contributed by atoms with Crippen LogP contribution >= 0.6 is 22.7 Å². The van der Waals surface area contributed by atoms with Gasteiger partial charge in [-0.15, -0.1) is 22.7 Å². The van der Waals surface area contributed by atoms with Crippen LogP contribution in [0, 0.1) is 0 Å². The highest BCUT2D eigenvalue weighted by molar-refractivity contribution is 7.26. The fourth-order valence-electron chi connectivity index (χ4n) is 8.36. The molecule has 1 nitrogen and oxygen atoms in total. The van der Waals surface area contributed by atoms with Crippen LogP contribution < -0.4 is 4.90 Å². The molecular formula is C46H35NS2. The third-order valence-electron chi connectivity index (χ3n) is 11.6. The topological polar surface area (TPSA) is 3.24 Å². The van der Waals surface area contributed by atoms with E-state index in [1.54, 1.807) is 0 Å². The molecule has 0 aliphatic heterocycles. The van der Waals surface area contributed by atoms with Crippen molar-refractivity contribution >= 4 is 90.9 Å². The normalized spacial score (nSPS) is 14.9. The van der Waals surface area contributed by atoms with Crippen molar-refractivity contribution in [2.75, 3.05) is 4.90 Å². The maximum Gasteiger partial charge on any atom is 0.0468 e. The van der Waals surface area contributed by atoms with Crippen molar-refractivity contribution in [2.45, 2.75) is 38.5 Å². The predicted octanol–water partition coefficient (Wildman–Crippen LogP) is 14.3. The van der Waals surface area contributed by atoms with E-state index in [1.807, 2.05) is 22.7 Å². The van der Waals surface area contributed by atoms with Gasteiger partial charge >= 0.3 is 0 Å². The summed E-state index contributed by atoms with van der Waals surface area (Å²) in [4.78, 5) is 2.44. The molecule has 0 fully saturated rings. The lowest BCUT2D eigenvalue weighted by Gasteiger charge is -2.48. The van der Waals surface area contributed by atoms with Gasteiger partial charge in [-0.1, -0.05) is 113 Å². The zero-order valence-electron chi connectivity index (χ0n) is 28.0. The highest BCUT2D eigenvalue weighted by Gasteiger charge is 2.46. The summed E-state index contributed by atoms with van der Waals surface area (Å²) in [6, 6.07) is 52.1. The van der Waals surface area contributed by atoms with Crippen LogP contribution in [0.15, 0.2) is 140 Å². The van der Waals surface area contributed by atoms with Gasteiger partial charge in [-0.05, 0) is 92.9 Å². The van der Waals surface area contributed by atoms with Gasteiger partial charge in [0, 0.05) is 63.0 Å². The van der Waals surface area contributed by atoms with E-state index in [4.69, 9.17) is 0 Å². The van der Waals surface area contributed by atoms with Gasteiger partial charge in [-0.3, -0.25) is 0 Å². The number of benzene rings is 7. The summed E-state index contributed by atoms with van der Waals surface area (Å²) in [7, 11) is 0. The second kappa shape index (κ2) is 10.3. The Kier molecular flexibility index (Phi) is 6.08. The summed E-state index contributed by atoms with van der Waals surface area (Å²) < 4.78 is 5.41. The van der Waals surface area contributed by atoms with Crippen LogP contribution in [0.3, 0.4) is 0 Å². The Morgan fingerprint density at radius 3 is 1.98 bits per heavy atom. The van der Waals surface area contributed by atoms with Crippen molar-refractivity contribution in [1.82, 2.24) is 0 Å². The van der Waals surface area contributed by atoms with Crippen molar-refractivity contribution in [1.29, 1.82) is 0 Å². The first-order valence-electron chi connectivity index (χ1n) is 17.1. The minimum Gasteiger partial charge on any atom is -0.310 e. The number of rotatable bonds is 3. The molecule has 2 aromatic heterocycles. The maximum absolute atomic E-state index is 2.49. The first kappa shape index (κ1) is 29.0. The van der Waals surface area contributed by atoms with Gasteiger partial charge in [0.1, 0.15) is 0 Å². The molecule has 0 unspecified atom stereocenters. The predicted molar refractivity (Wildman–Crippen MR) is 216 cm³/mol. The highest BCUT2D eigenvalue weighted by atomic mass is 32.1. The zero-order valence-corrected chi connectivity index (χ0v) is 29.7. The second-order valence-electron chi connectivity index (χ2n) is 14.6. The SMILES string of the molecule is CC1(C)c2cc(N(c3ccccc3)c3ccc4sc5ccccc5c4c3)ccc2-c2c(ccc3c2sc2ccc4ccccc4c23)C1(C)C. The van der Waals surface area contributed by atoms with Crippen LogP contribution in [0.1, 0.15) is 38.8 Å². The summed E-state index contributed by atoms with van der Waals surface area (Å²) in [6.45, 7) is 9.77. The third kappa shape index (κ3) is 4.03. The Balaban J connectivity index is 1.23. The van der Waals surface area contributed by atoms with Crippen LogP contribution in [-0.2, 0) is 10.8 Å². The molecule has 0 N–H and O–H groups in total. The summed E-state index contributed by atoms with van der Waals surface area (Å²) in [5, 5.41) is 8.02. The van der Waals surface area contributed by atoms with Crippen LogP contribution in [0.4, 0.5) is 17.1 Å². The molecular weight excluding hydrogens is 631 g/mol. The van der Waals surface area contributed by atoms with E-state index >= 15 is 0 Å². The van der Waals surface area contributed by atoms with E-state index < -0.39 is 0 Å². The quantitative estimate of drug-likeness (QED) is 0.182. The van der Waals surface area contributed by atoms with Crippen molar-refractivity contribution in [3.63, 3.8) is 0 Å². The number of hydrogen-bond donors (Lipinski definition) is 0. The van der Waals surface area contributed by atoms with Crippen LogP contribution in [-0.4, -0.2) is 0 Å². The molecule has 1 aliphatic carbocycles. The Bertz CT molecular complexity index is 2780. The number of anilines is 3. The van der Waals surface area contributed by atoms with Crippen LogP contribution in [0.5, 0.6) is 0 Å². The van der Waals surface area contributed by atoms with Gasteiger partial charge in [0.15, 0.2) is 0 Å². The monoisotopic (exact) mass is 665 g/mol. The molecule has 236 valence electrons. The van der Waals surface area contributed by atoms with Gasteiger partial charge in [0.05, 0.1) is 0 Å². The van der Waals surface area contributed by atoms with Gasteiger partial charge < -0.3 is 4.90 Å². The minimum absolute atomic E-state index is 0.0908. The standard InChI is InChI=1S/C46H35NS2/c1-45(2)37-23-22-35-42-32-15-9-8-12-28(32)18-24-41(42)49-44(35)43(37)34-21-19-31(27-38(34)46(45,3)4)47(29-13-6-5-7-14-29)30-20-25-40-36(26-30)33-16-10-11-17-39(33)48-40/h5-27H,1-4H3. The molecule has 0 bridgehead atoms. The fourth-order valence-corrected chi connectivity index (χ4v) is 10.7. The van der Waals surface area contributed by atoms with Crippen molar-refractivity contribution < 1.29 is 0 Å². The average Bonchev–Trinajstić information content (AvgIpc) is 3.70. The largest absolute Gasteiger partial charge is 0.310 e. The number of thiophene rings is 2. The smallest absolute Gasteiger partial charge is 0.0468 e. The second-order valence-corrected chi connectivity index (χ2v) is 16.7. The van der Waals surface area contributed by atoms with E-state index in [1.165, 1.54) is 84.7 Å². The molecule has 3 heteroatoms. The number of para-hydroxylation sites is 1. The van der Waals surface area contributed by atoms with E-state index in [0.717, 1.165) is 5.69 Å². The van der Waals surface area contributed by atoms with E-state index in [9.17, 15) is 0 Å². The van der Waals surface area contributed by atoms with Crippen LogP contribution in [0.2, 0.25) is 0 Å². The molecule has 0 spiro atoms. The first-order chi connectivity index (χ1) is 23.8. The lowest BCUT2D eigenvalue weighted by atomic mass is 9.55. The first-order valence-corrected chi connectivity index (χ1v) is 18.7. The van der Waals surface area contributed by atoms with Gasteiger partial charge in [-0.2, -0.15) is 0 Å². The number of hydrogen-bond acceptors (Lipinski definition) is 3. The summed E-state index contributed by atoms with van der Waals surface area (Å²) >= 11 is 3.82. The minimum atomic E-state index is -0.113. The molecule has 9 aromatic rings. The Morgan fingerprint density at radius 1 is 0.449 bits per heavy atom. The van der Waals surface area contributed by atoms with Gasteiger partial charge in [-0.25, -0.2) is 0 Å². The molecule has 0 radical (unpaired) electrons. The lowest BCUT2D eigenvalue weighted by molar-refractivity contribution is 0.299. The van der Waals surface area contributed by atoms with Crippen LogP contribution in [0.25, 0.3) is 62.2 Å². The number of fused-ring (bicyclic) bond motifs is 12. The van der Waals surface area contributed by atoms with Crippen molar-refractivity contribution in [3.05, 3.63) is 151 Å². The van der Waals surface area contributed by atoms with Crippen molar-refractivity contribution in [2.24, 2.45) is 0 Å². The maximum atomic E-state index is 2.49. The van der Waals surface area contributed by atoms with Crippen molar-refractivity contribution in [3.8, 4) is 11.1 Å². The third-order valence-corrected chi connectivity index (χ3v) is 13.9. The lowest BCUT2D eigenvalue weighted by Crippen LogP contribution is -2.43.